The molecule has 2 aromatic rings. The lowest BCUT2D eigenvalue weighted by Gasteiger charge is -2.24. The van der Waals surface area contributed by atoms with Gasteiger partial charge >= 0.3 is 11.9 Å². The van der Waals surface area contributed by atoms with Gasteiger partial charge in [0.1, 0.15) is 6.61 Å². The monoisotopic (exact) mass is 385 g/mol. The summed E-state index contributed by atoms with van der Waals surface area (Å²) in [6, 6.07) is 16.0. The molecule has 142 valence electrons. The molecule has 0 bridgehead atoms. The number of ether oxygens (including phenoxy) is 1. The number of nitrogens with two attached hydrogens (primary N) is 1. The van der Waals surface area contributed by atoms with Gasteiger partial charge in [0.2, 0.25) is 5.54 Å². The van der Waals surface area contributed by atoms with Crippen LogP contribution in [0.5, 0.6) is 0 Å². The molecule has 1 aliphatic carbocycles. The minimum atomic E-state index is -2.01. The third-order valence-electron chi connectivity index (χ3n) is 4.93. The van der Waals surface area contributed by atoms with Gasteiger partial charge in [-0.05, 0) is 40.2 Å². The standard InChI is InChI=1S/C21H23NO4S/c1-2-27-12-11-21(22,19(23)24)20(25)26-13-18-16-9-5-3-7-14(16)15-8-4-6-10-17(15)18/h3-10,18H,2,11-13,22H2,1H3,(H,23,24). The fourth-order valence-corrected chi connectivity index (χ4v) is 4.16. The van der Waals surface area contributed by atoms with Crippen LogP contribution >= 0.6 is 11.8 Å². The number of hydrogen-bond donors (Lipinski definition) is 2. The van der Waals surface area contributed by atoms with E-state index < -0.39 is 17.5 Å². The molecule has 3 rings (SSSR count). The highest BCUT2D eigenvalue weighted by molar-refractivity contribution is 7.99. The predicted molar refractivity (Wildman–Crippen MR) is 107 cm³/mol. The minimum Gasteiger partial charge on any atom is -0.479 e. The number of fused-ring (bicyclic) bond motifs is 3. The maximum absolute atomic E-state index is 12.5. The second kappa shape index (κ2) is 8.15. The lowest BCUT2D eigenvalue weighted by Crippen LogP contribution is -2.56. The first kappa shape index (κ1) is 19.5. The van der Waals surface area contributed by atoms with E-state index in [0.29, 0.717) is 5.75 Å². The van der Waals surface area contributed by atoms with Gasteiger partial charge in [0.25, 0.3) is 0 Å². The highest BCUT2D eigenvalue weighted by atomic mass is 32.2. The Morgan fingerprint density at radius 1 is 1.11 bits per heavy atom. The molecule has 1 atom stereocenters. The fourth-order valence-electron chi connectivity index (χ4n) is 3.40. The summed E-state index contributed by atoms with van der Waals surface area (Å²) < 4.78 is 5.44. The van der Waals surface area contributed by atoms with Gasteiger partial charge in [-0.1, -0.05) is 55.5 Å². The van der Waals surface area contributed by atoms with Crippen LogP contribution in [0.3, 0.4) is 0 Å². The van der Waals surface area contributed by atoms with Gasteiger partial charge in [-0.2, -0.15) is 11.8 Å². The average molecular weight is 385 g/mol. The third-order valence-corrected chi connectivity index (χ3v) is 5.84. The Balaban J connectivity index is 1.78. The molecule has 27 heavy (non-hydrogen) atoms. The Morgan fingerprint density at radius 3 is 2.19 bits per heavy atom. The zero-order chi connectivity index (χ0) is 19.4. The number of carbonyl (C=O) groups is 2. The third kappa shape index (κ3) is 3.73. The zero-order valence-electron chi connectivity index (χ0n) is 15.2. The number of benzene rings is 2. The first-order valence-electron chi connectivity index (χ1n) is 8.94. The Bertz CT molecular complexity index is 808. The highest BCUT2D eigenvalue weighted by Crippen LogP contribution is 2.44. The first-order valence-corrected chi connectivity index (χ1v) is 10.1. The smallest absolute Gasteiger partial charge is 0.337 e. The van der Waals surface area contributed by atoms with Crippen molar-refractivity contribution in [3.63, 3.8) is 0 Å². The summed E-state index contributed by atoms with van der Waals surface area (Å²) >= 11 is 1.54. The van der Waals surface area contributed by atoms with Crippen molar-refractivity contribution < 1.29 is 19.4 Å². The number of hydrogen-bond acceptors (Lipinski definition) is 5. The first-order chi connectivity index (χ1) is 13.0. The number of carbonyl (C=O) groups excluding carboxylic acids is 1. The normalized spacial score (nSPS) is 14.9. The second-order valence-electron chi connectivity index (χ2n) is 6.55. The van der Waals surface area contributed by atoms with Gasteiger partial charge < -0.3 is 15.6 Å². The van der Waals surface area contributed by atoms with E-state index in [-0.39, 0.29) is 18.9 Å². The molecule has 5 nitrogen and oxygen atoms in total. The Kier molecular flexibility index (Phi) is 5.87. The number of aliphatic carboxylic acids is 1. The van der Waals surface area contributed by atoms with Gasteiger partial charge in [-0.15, -0.1) is 0 Å². The quantitative estimate of drug-likeness (QED) is 0.412. The van der Waals surface area contributed by atoms with Gasteiger partial charge in [0, 0.05) is 5.92 Å². The van der Waals surface area contributed by atoms with Crippen LogP contribution in [0, 0.1) is 0 Å². The number of esters is 1. The molecular weight excluding hydrogens is 362 g/mol. The van der Waals surface area contributed by atoms with Crippen LogP contribution in [0.15, 0.2) is 48.5 Å². The molecule has 0 amide bonds. The van der Waals surface area contributed by atoms with Crippen molar-refractivity contribution in [1.29, 1.82) is 0 Å². The molecule has 0 radical (unpaired) electrons. The lowest BCUT2D eigenvalue weighted by molar-refractivity contribution is -0.161. The average Bonchev–Trinajstić information content (AvgIpc) is 3.00. The van der Waals surface area contributed by atoms with Crippen LogP contribution in [-0.2, 0) is 14.3 Å². The molecule has 0 aliphatic heterocycles. The molecule has 1 unspecified atom stereocenters. The maximum atomic E-state index is 12.5. The topological polar surface area (TPSA) is 89.6 Å². The Labute approximate surface area is 162 Å². The van der Waals surface area contributed by atoms with Crippen molar-refractivity contribution in [3.8, 4) is 11.1 Å². The number of thioether (sulfide) groups is 1. The van der Waals surface area contributed by atoms with Gasteiger partial charge in [0.15, 0.2) is 0 Å². The second-order valence-corrected chi connectivity index (χ2v) is 7.94. The number of rotatable bonds is 8. The molecule has 3 N–H and O–H groups in total. The predicted octanol–water partition coefficient (Wildman–Crippen LogP) is 3.27. The summed E-state index contributed by atoms with van der Waals surface area (Å²) in [7, 11) is 0. The van der Waals surface area contributed by atoms with Crippen molar-refractivity contribution in [2.75, 3.05) is 18.1 Å². The van der Waals surface area contributed by atoms with Crippen LogP contribution < -0.4 is 5.73 Å². The summed E-state index contributed by atoms with van der Waals surface area (Å²) in [5.74, 6) is -1.03. The molecule has 0 fully saturated rings. The molecule has 0 heterocycles. The molecule has 1 aliphatic rings. The van der Waals surface area contributed by atoms with Crippen molar-refractivity contribution in [1.82, 2.24) is 0 Å². The van der Waals surface area contributed by atoms with E-state index in [4.69, 9.17) is 10.5 Å². The molecule has 0 aromatic heterocycles. The summed E-state index contributed by atoms with van der Waals surface area (Å²) in [6.45, 7) is 2.04. The van der Waals surface area contributed by atoms with Crippen molar-refractivity contribution in [2.45, 2.75) is 24.8 Å². The van der Waals surface area contributed by atoms with E-state index in [1.54, 1.807) is 11.8 Å². The van der Waals surface area contributed by atoms with Crippen molar-refractivity contribution >= 4 is 23.7 Å². The summed E-state index contributed by atoms with van der Waals surface area (Å²) in [5.41, 5.74) is 8.28. The fraction of sp³-hybridized carbons (Fsp3) is 0.333. The molecule has 6 heteroatoms. The highest BCUT2D eigenvalue weighted by Gasteiger charge is 2.44. The van der Waals surface area contributed by atoms with Crippen LogP contribution in [-0.4, -0.2) is 40.7 Å². The van der Waals surface area contributed by atoms with Crippen molar-refractivity contribution in [2.24, 2.45) is 5.73 Å². The van der Waals surface area contributed by atoms with Gasteiger partial charge in [-0.25, -0.2) is 9.59 Å². The zero-order valence-corrected chi connectivity index (χ0v) is 16.0. The van der Waals surface area contributed by atoms with Crippen molar-refractivity contribution in [3.05, 3.63) is 59.7 Å². The van der Waals surface area contributed by atoms with Crippen LogP contribution in [0.25, 0.3) is 11.1 Å². The Morgan fingerprint density at radius 2 is 1.67 bits per heavy atom. The van der Waals surface area contributed by atoms with Crippen LogP contribution in [0.1, 0.15) is 30.4 Å². The summed E-state index contributed by atoms with van der Waals surface area (Å²) in [6.07, 6.45) is 0.0392. The lowest BCUT2D eigenvalue weighted by atomic mass is 9.96. The molecule has 0 saturated heterocycles. The molecule has 0 saturated carbocycles. The maximum Gasteiger partial charge on any atom is 0.337 e. The number of carboxylic acid groups (broad SMARTS) is 1. The minimum absolute atomic E-state index is 0.0392. The van der Waals surface area contributed by atoms with Crippen LogP contribution in [0.4, 0.5) is 0 Å². The summed E-state index contributed by atoms with van der Waals surface area (Å²) in [4.78, 5) is 24.2. The number of carboxylic acids is 1. The molecular formula is C21H23NO4S. The van der Waals surface area contributed by atoms with Crippen LogP contribution in [0.2, 0.25) is 0 Å². The van der Waals surface area contributed by atoms with E-state index in [1.807, 2.05) is 55.5 Å². The summed E-state index contributed by atoms with van der Waals surface area (Å²) in [5, 5.41) is 9.47. The van der Waals surface area contributed by atoms with Gasteiger partial charge in [0.05, 0.1) is 0 Å². The molecule has 2 aromatic carbocycles. The molecule has 0 spiro atoms. The van der Waals surface area contributed by atoms with E-state index in [1.165, 1.54) is 0 Å². The van der Waals surface area contributed by atoms with E-state index in [2.05, 4.69) is 0 Å². The Hall–Kier alpha value is -2.31. The van der Waals surface area contributed by atoms with E-state index >= 15 is 0 Å². The SMILES string of the molecule is CCSCCC(N)(C(=O)O)C(=O)OCC1c2ccccc2-c2ccccc21. The largest absolute Gasteiger partial charge is 0.479 e. The van der Waals surface area contributed by atoms with E-state index in [0.717, 1.165) is 28.0 Å². The van der Waals surface area contributed by atoms with Gasteiger partial charge in [-0.3, -0.25) is 0 Å². The van der Waals surface area contributed by atoms with E-state index in [9.17, 15) is 14.7 Å².